The zero-order chi connectivity index (χ0) is 22.9. The van der Waals surface area contributed by atoms with Gasteiger partial charge in [-0.25, -0.2) is 0 Å². The molecule has 1 aliphatic heterocycles. The van der Waals surface area contributed by atoms with Gasteiger partial charge in [0.1, 0.15) is 0 Å². The number of amides is 1. The van der Waals surface area contributed by atoms with Crippen LogP contribution in [0.2, 0.25) is 0 Å². The van der Waals surface area contributed by atoms with Crippen molar-refractivity contribution < 1.29 is 14.7 Å². The van der Waals surface area contributed by atoms with Crippen LogP contribution < -0.4 is 9.80 Å². The summed E-state index contributed by atoms with van der Waals surface area (Å²) in [4.78, 5) is 30.2. The van der Waals surface area contributed by atoms with Gasteiger partial charge in [0.2, 0.25) is 0 Å². The van der Waals surface area contributed by atoms with E-state index in [1.54, 1.807) is 20.8 Å². The summed E-state index contributed by atoms with van der Waals surface area (Å²) < 4.78 is 0. The van der Waals surface area contributed by atoms with Crippen LogP contribution in [0.4, 0.5) is 11.4 Å². The molecule has 1 aliphatic rings. The van der Waals surface area contributed by atoms with Crippen molar-refractivity contribution in [3.05, 3.63) is 71.0 Å². The first-order valence-electron chi connectivity index (χ1n) is 10.8. The Morgan fingerprint density at radius 3 is 2.03 bits per heavy atom. The molecule has 0 aromatic heterocycles. The van der Waals surface area contributed by atoms with Gasteiger partial charge in [-0.2, -0.15) is 0 Å². The number of nitrogens with zero attached hydrogens (tertiary/aromatic N) is 2. The number of benzene rings is 2. The number of aryl methyl sites for hydroxylation is 1. The lowest BCUT2D eigenvalue weighted by atomic mass is 9.82. The van der Waals surface area contributed by atoms with Crippen molar-refractivity contribution in [2.24, 2.45) is 5.41 Å². The van der Waals surface area contributed by atoms with E-state index in [1.165, 1.54) is 4.90 Å². The largest absolute Gasteiger partial charge is 0.503 e. The van der Waals surface area contributed by atoms with Crippen LogP contribution in [0.3, 0.4) is 0 Å². The van der Waals surface area contributed by atoms with E-state index in [2.05, 4.69) is 18.7 Å². The first kappa shape index (κ1) is 22.6. The number of carbonyl (C=O) groups is 2. The van der Waals surface area contributed by atoms with Crippen LogP contribution in [0.5, 0.6) is 0 Å². The molecule has 3 rings (SSSR count). The van der Waals surface area contributed by atoms with Crippen molar-refractivity contribution in [2.45, 2.75) is 47.6 Å². The zero-order valence-electron chi connectivity index (χ0n) is 19.3. The molecule has 1 atom stereocenters. The highest BCUT2D eigenvalue weighted by molar-refractivity contribution is 6.17. The van der Waals surface area contributed by atoms with Gasteiger partial charge in [-0.05, 0) is 50.6 Å². The molecule has 31 heavy (non-hydrogen) atoms. The number of carbonyl (C=O) groups excluding carboxylic acids is 2. The summed E-state index contributed by atoms with van der Waals surface area (Å²) in [6.45, 7) is 13.4. The minimum Gasteiger partial charge on any atom is -0.503 e. The SMILES string of the molecule is CCN(CC)c1ccc(C2C(C(=O)C(C)(C)C)=C(O)C(=O)N2c2ccc(C)cc2)cc1. The van der Waals surface area contributed by atoms with E-state index in [0.29, 0.717) is 5.69 Å². The fraction of sp³-hybridized carbons (Fsp3) is 0.385. The molecule has 1 unspecified atom stereocenters. The van der Waals surface area contributed by atoms with Crippen LogP contribution in [0.1, 0.15) is 51.8 Å². The quantitative estimate of drug-likeness (QED) is 0.684. The number of Topliss-reactive ketones (excluding diaryl/α,β-unsaturated/α-hetero) is 1. The minimum absolute atomic E-state index is 0.161. The first-order chi connectivity index (χ1) is 14.6. The molecule has 1 amide bonds. The Kier molecular flexibility index (Phi) is 6.25. The van der Waals surface area contributed by atoms with Gasteiger partial charge in [0, 0.05) is 29.9 Å². The fourth-order valence-electron chi connectivity index (χ4n) is 3.98. The van der Waals surface area contributed by atoms with E-state index in [0.717, 1.165) is 29.9 Å². The summed E-state index contributed by atoms with van der Waals surface area (Å²) in [6.07, 6.45) is 0. The smallest absolute Gasteiger partial charge is 0.294 e. The monoisotopic (exact) mass is 420 g/mol. The molecule has 0 spiro atoms. The highest BCUT2D eigenvalue weighted by Crippen LogP contribution is 2.43. The number of hydrogen-bond donors (Lipinski definition) is 1. The standard InChI is InChI=1S/C26H32N2O3/c1-7-27(8-2)19-15-11-18(12-16-19)22-21(24(30)26(4,5)6)23(29)25(31)28(22)20-13-9-17(3)10-14-20/h9-16,22,29H,7-8H2,1-6H3. The van der Waals surface area contributed by atoms with E-state index < -0.39 is 23.1 Å². The second kappa shape index (κ2) is 8.58. The van der Waals surface area contributed by atoms with E-state index in [9.17, 15) is 14.7 Å². The fourth-order valence-corrected chi connectivity index (χ4v) is 3.98. The van der Waals surface area contributed by atoms with Crippen LogP contribution in [-0.2, 0) is 9.59 Å². The third-order valence-corrected chi connectivity index (χ3v) is 5.78. The molecule has 2 aromatic rings. The van der Waals surface area contributed by atoms with Crippen LogP contribution in [-0.4, -0.2) is 29.9 Å². The lowest BCUT2D eigenvalue weighted by Crippen LogP contribution is -2.32. The van der Waals surface area contributed by atoms with Gasteiger partial charge < -0.3 is 10.0 Å². The second-order valence-corrected chi connectivity index (χ2v) is 9.02. The molecule has 1 heterocycles. The van der Waals surface area contributed by atoms with Gasteiger partial charge >= 0.3 is 0 Å². The predicted molar refractivity (Wildman–Crippen MR) is 126 cm³/mol. The Balaban J connectivity index is 2.14. The van der Waals surface area contributed by atoms with Crippen LogP contribution in [0, 0.1) is 12.3 Å². The highest BCUT2D eigenvalue weighted by Gasteiger charge is 2.46. The number of anilines is 2. The topological polar surface area (TPSA) is 60.9 Å². The predicted octanol–water partition coefficient (Wildman–Crippen LogP) is 5.36. The van der Waals surface area contributed by atoms with Gasteiger partial charge in [0.25, 0.3) is 5.91 Å². The first-order valence-corrected chi connectivity index (χ1v) is 10.8. The molecule has 1 N–H and O–H groups in total. The van der Waals surface area contributed by atoms with Crippen LogP contribution in [0.15, 0.2) is 59.9 Å². The number of rotatable bonds is 6. The highest BCUT2D eigenvalue weighted by atomic mass is 16.3. The van der Waals surface area contributed by atoms with Gasteiger partial charge in [-0.1, -0.05) is 50.6 Å². The van der Waals surface area contributed by atoms with Crippen molar-refractivity contribution >= 4 is 23.1 Å². The molecule has 0 bridgehead atoms. The Hall–Kier alpha value is -3.08. The molecule has 0 saturated carbocycles. The molecule has 5 nitrogen and oxygen atoms in total. The lowest BCUT2D eigenvalue weighted by Gasteiger charge is -2.29. The third kappa shape index (κ3) is 4.22. The van der Waals surface area contributed by atoms with Crippen molar-refractivity contribution in [2.75, 3.05) is 22.9 Å². The number of ketones is 1. The average Bonchev–Trinajstić information content (AvgIpc) is 2.99. The second-order valence-electron chi connectivity index (χ2n) is 9.02. The molecule has 5 heteroatoms. The summed E-state index contributed by atoms with van der Waals surface area (Å²) in [6, 6.07) is 14.8. The molecule has 2 aromatic carbocycles. The number of aliphatic hydroxyl groups is 1. The zero-order valence-corrected chi connectivity index (χ0v) is 19.3. The van der Waals surface area contributed by atoms with E-state index in [1.807, 2.05) is 55.5 Å². The van der Waals surface area contributed by atoms with Gasteiger partial charge in [-0.15, -0.1) is 0 Å². The Morgan fingerprint density at radius 2 is 1.55 bits per heavy atom. The van der Waals surface area contributed by atoms with E-state index >= 15 is 0 Å². The summed E-state index contributed by atoms with van der Waals surface area (Å²) in [5, 5.41) is 10.8. The molecular formula is C26H32N2O3. The molecular weight excluding hydrogens is 388 g/mol. The summed E-state index contributed by atoms with van der Waals surface area (Å²) >= 11 is 0. The minimum atomic E-state index is -0.730. The Labute approximate surface area is 185 Å². The summed E-state index contributed by atoms with van der Waals surface area (Å²) in [5.41, 5.74) is 3.02. The van der Waals surface area contributed by atoms with Gasteiger partial charge in [0.05, 0.1) is 11.6 Å². The number of aliphatic hydroxyl groups excluding tert-OH is 1. The normalized spacial score (nSPS) is 16.8. The summed E-state index contributed by atoms with van der Waals surface area (Å²) in [7, 11) is 0. The molecule has 164 valence electrons. The third-order valence-electron chi connectivity index (χ3n) is 5.78. The van der Waals surface area contributed by atoms with Crippen molar-refractivity contribution in [1.29, 1.82) is 0 Å². The molecule has 0 fully saturated rings. The van der Waals surface area contributed by atoms with Crippen molar-refractivity contribution in [1.82, 2.24) is 0 Å². The maximum Gasteiger partial charge on any atom is 0.294 e. The van der Waals surface area contributed by atoms with E-state index in [-0.39, 0.29) is 11.4 Å². The maximum absolute atomic E-state index is 13.3. The van der Waals surface area contributed by atoms with Crippen molar-refractivity contribution in [3.8, 4) is 0 Å². The number of hydrogen-bond acceptors (Lipinski definition) is 4. The average molecular weight is 421 g/mol. The molecule has 0 aliphatic carbocycles. The molecule has 0 saturated heterocycles. The van der Waals surface area contributed by atoms with Crippen LogP contribution >= 0.6 is 0 Å². The summed E-state index contributed by atoms with van der Waals surface area (Å²) in [5.74, 6) is -1.24. The van der Waals surface area contributed by atoms with E-state index in [4.69, 9.17) is 0 Å². The lowest BCUT2D eigenvalue weighted by molar-refractivity contribution is -0.123. The Bertz CT molecular complexity index is 994. The van der Waals surface area contributed by atoms with Crippen LogP contribution in [0.25, 0.3) is 0 Å². The van der Waals surface area contributed by atoms with Gasteiger partial charge in [-0.3, -0.25) is 14.5 Å². The van der Waals surface area contributed by atoms with Crippen molar-refractivity contribution in [3.63, 3.8) is 0 Å². The van der Waals surface area contributed by atoms with Gasteiger partial charge in [0.15, 0.2) is 11.5 Å². The Morgan fingerprint density at radius 1 is 1.00 bits per heavy atom. The maximum atomic E-state index is 13.3. The molecule has 0 radical (unpaired) electrons.